The van der Waals surface area contributed by atoms with Crippen molar-refractivity contribution in [2.75, 3.05) is 14.2 Å². The van der Waals surface area contributed by atoms with Crippen molar-refractivity contribution in [1.29, 1.82) is 0 Å². The molecule has 0 fully saturated rings. The van der Waals surface area contributed by atoms with Gasteiger partial charge in [0.05, 0.1) is 20.6 Å². The lowest BCUT2D eigenvalue weighted by atomic mass is 10.1. The first-order valence-corrected chi connectivity index (χ1v) is 9.10. The van der Waals surface area contributed by atoms with Gasteiger partial charge in [-0.3, -0.25) is 9.59 Å². The number of methoxy groups -OCH3 is 2. The van der Waals surface area contributed by atoms with Gasteiger partial charge in [0, 0.05) is 6.08 Å². The Labute approximate surface area is 162 Å². The van der Waals surface area contributed by atoms with Gasteiger partial charge in [0.25, 0.3) is 0 Å². The van der Waals surface area contributed by atoms with Crippen LogP contribution in [-0.4, -0.2) is 38.1 Å². The number of carbonyl (C=O) groups is 3. The smallest absolute Gasteiger partial charge is 0.328 e. The van der Waals surface area contributed by atoms with Crippen molar-refractivity contribution in [3.05, 3.63) is 34.9 Å². The molecule has 1 atom stereocenters. The van der Waals surface area contributed by atoms with Gasteiger partial charge >= 0.3 is 11.9 Å². The van der Waals surface area contributed by atoms with Gasteiger partial charge in [-0.1, -0.05) is 28.9 Å². The lowest BCUT2D eigenvalue weighted by molar-refractivity contribution is -0.150. The van der Waals surface area contributed by atoms with Crippen LogP contribution in [0.2, 0.25) is 0 Å². The molecule has 0 aromatic rings. The third-order valence-electron chi connectivity index (χ3n) is 3.90. The fourth-order valence-electron chi connectivity index (χ4n) is 2.33. The number of esters is 2. The van der Waals surface area contributed by atoms with E-state index in [1.807, 2.05) is 6.92 Å². The molecule has 0 rings (SSSR count). The number of carbonyl (C=O) groups excluding carboxylic acids is 3. The molecule has 0 heterocycles. The summed E-state index contributed by atoms with van der Waals surface area (Å²) in [7, 11) is 2.42. The van der Waals surface area contributed by atoms with E-state index in [0.29, 0.717) is 0 Å². The van der Waals surface area contributed by atoms with Crippen molar-refractivity contribution in [1.82, 2.24) is 5.32 Å². The number of nitrogens with one attached hydrogen (secondary N) is 1. The molecular weight excluding hydrogens is 346 g/mol. The highest BCUT2D eigenvalue weighted by atomic mass is 16.5. The highest BCUT2D eigenvalue weighted by molar-refractivity contribution is 5.93. The van der Waals surface area contributed by atoms with Crippen molar-refractivity contribution in [2.45, 2.75) is 65.8 Å². The lowest BCUT2D eigenvalue weighted by Gasteiger charge is -2.14. The van der Waals surface area contributed by atoms with E-state index >= 15 is 0 Å². The van der Waals surface area contributed by atoms with Crippen LogP contribution in [0.1, 0.15) is 59.8 Å². The molecule has 0 spiro atoms. The fourth-order valence-corrected chi connectivity index (χ4v) is 2.33. The minimum absolute atomic E-state index is 0.268. The van der Waals surface area contributed by atoms with Crippen LogP contribution in [0.3, 0.4) is 0 Å². The van der Waals surface area contributed by atoms with Gasteiger partial charge in [0.15, 0.2) is 0 Å². The average molecular weight is 379 g/mol. The molecular formula is C21H33NO5. The molecule has 0 aliphatic rings. The molecule has 0 saturated heterocycles. The predicted molar refractivity (Wildman–Crippen MR) is 106 cm³/mol. The van der Waals surface area contributed by atoms with Gasteiger partial charge in [-0.2, -0.15) is 0 Å². The zero-order valence-electron chi connectivity index (χ0n) is 17.4. The van der Waals surface area contributed by atoms with Gasteiger partial charge in [0.2, 0.25) is 5.91 Å². The maximum atomic E-state index is 12.1. The van der Waals surface area contributed by atoms with Crippen molar-refractivity contribution in [3.63, 3.8) is 0 Å². The number of hydrogen-bond acceptors (Lipinski definition) is 5. The molecule has 6 nitrogen and oxygen atoms in total. The lowest BCUT2D eigenvalue weighted by Crippen LogP contribution is -2.42. The largest absolute Gasteiger partial charge is 0.469 e. The predicted octanol–water partition coefficient (Wildman–Crippen LogP) is 3.63. The van der Waals surface area contributed by atoms with Crippen LogP contribution in [0.4, 0.5) is 0 Å². The SMILES string of the molecule is COC(=O)C[C@H](NC(=O)/C=C(\C)CC/C=C(\C)CCC=C(C)C)C(=O)OC. The van der Waals surface area contributed by atoms with E-state index in [9.17, 15) is 14.4 Å². The zero-order chi connectivity index (χ0) is 20.8. The Hall–Kier alpha value is -2.37. The Morgan fingerprint density at radius 2 is 1.48 bits per heavy atom. The number of amides is 1. The van der Waals surface area contributed by atoms with Gasteiger partial charge in [-0.25, -0.2) is 4.79 Å². The monoisotopic (exact) mass is 379 g/mol. The third kappa shape index (κ3) is 12.6. The first-order valence-electron chi connectivity index (χ1n) is 9.10. The van der Waals surface area contributed by atoms with E-state index in [-0.39, 0.29) is 6.42 Å². The van der Waals surface area contributed by atoms with Crippen LogP contribution in [-0.2, 0) is 23.9 Å². The van der Waals surface area contributed by atoms with Gasteiger partial charge in [-0.05, 0) is 53.4 Å². The molecule has 1 amide bonds. The second kappa shape index (κ2) is 13.8. The summed E-state index contributed by atoms with van der Waals surface area (Å²) in [5, 5.41) is 2.49. The standard InChI is InChI=1S/C21H33NO5/c1-15(2)9-7-10-16(3)11-8-12-17(4)13-19(23)22-18(21(25)27-6)14-20(24)26-5/h9,11,13,18H,7-8,10,12,14H2,1-6H3,(H,22,23)/b16-11+,17-13+/t18-/m0/s1. The maximum absolute atomic E-state index is 12.1. The normalized spacial score (nSPS) is 12.8. The molecule has 0 radical (unpaired) electrons. The highest BCUT2D eigenvalue weighted by Gasteiger charge is 2.24. The van der Waals surface area contributed by atoms with Crippen LogP contribution >= 0.6 is 0 Å². The Kier molecular flexibility index (Phi) is 12.6. The number of allylic oxidation sites excluding steroid dienone is 5. The van der Waals surface area contributed by atoms with Crippen molar-refractivity contribution >= 4 is 17.8 Å². The van der Waals surface area contributed by atoms with Crippen molar-refractivity contribution < 1.29 is 23.9 Å². The molecule has 0 aliphatic heterocycles. The summed E-state index contributed by atoms with van der Waals surface area (Å²) in [6.07, 6.45) is 9.24. The Morgan fingerprint density at radius 3 is 2.04 bits per heavy atom. The molecule has 0 unspecified atom stereocenters. The summed E-state index contributed by atoms with van der Waals surface area (Å²) in [6, 6.07) is -1.06. The Bertz CT molecular complexity index is 598. The van der Waals surface area contributed by atoms with Crippen LogP contribution in [0, 0.1) is 0 Å². The summed E-state index contributed by atoms with van der Waals surface area (Å²) in [5.41, 5.74) is 3.54. The summed E-state index contributed by atoms with van der Waals surface area (Å²) in [4.78, 5) is 35.1. The van der Waals surface area contributed by atoms with Gasteiger partial charge in [0.1, 0.15) is 6.04 Å². The summed E-state index contributed by atoms with van der Waals surface area (Å²) >= 11 is 0. The quantitative estimate of drug-likeness (QED) is 0.337. The van der Waals surface area contributed by atoms with E-state index in [2.05, 4.69) is 47.7 Å². The molecule has 0 bridgehead atoms. The number of ether oxygens (including phenoxy) is 2. The van der Waals surface area contributed by atoms with E-state index in [0.717, 1.165) is 31.3 Å². The maximum Gasteiger partial charge on any atom is 0.328 e. The Morgan fingerprint density at radius 1 is 0.889 bits per heavy atom. The van der Waals surface area contributed by atoms with E-state index < -0.39 is 23.9 Å². The summed E-state index contributed by atoms with van der Waals surface area (Å²) in [5.74, 6) is -1.72. The zero-order valence-corrected chi connectivity index (χ0v) is 17.4. The Balaban J connectivity index is 4.57. The fraction of sp³-hybridized carbons (Fsp3) is 0.571. The number of hydrogen-bond donors (Lipinski definition) is 1. The van der Waals surface area contributed by atoms with E-state index in [1.165, 1.54) is 31.4 Å². The molecule has 152 valence electrons. The minimum Gasteiger partial charge on any atom is -0.469 e. The summed E-state index contributed by atoms with van der Waals surface area (Å²) in [6.45, 7) is 8.15. The van der Waals surface area contributed by atoms with Crippen molar-refractivity contribution in [3.8, 4) is 0 Å². The molecule has 27 heavy (non-hydrogen) atoms. The average Bonchev–Trinajstić information content (AvgIpc) is 2.59. The molecule has 0 aromatic heterocycles. The number of rotatable bonds is 11. The van der Waals surface area contributed by atoms with Crippen molar-refractivity contribution in [2.24, 2.45) is 0 Å². The second-order valence-corrected chi connectivity index (χ2v) is 6.76. The molecule has 1 N–H and O–H groups in total. The van der Waals surface area contributed by atoms with Crippen LogP contribution in [0.15, 0.2) is 34.9 Å². The molecule has 0 aromatic carbocycles. The third-order valence-corrected chi connectivity index (χ3v) is 3.90. The van der Waals surface area contributed by atoms with Crippen LogP contribution in [0.5, 0.6) is 0 Å². The van der Waals surface area contributed by atoms with Gasteiger partial charge in [-0.15, -0.1) is 0 Å². The molecule has 6 heteroatoms. The molecule has 0 saturated carbocycles. The first-order chi connectivity index (χ1) is 12.7. The van der Waals surface area contributed by atoms with Crippen LogP contribution < -0.4 is 5.32 Å². The van der Waals surface area contributed by atoms with E-state index in [4.69, 9.17) is 0 Å². The first kappa shape index (κ1) is 24.6. The van der Waals surface area contributed by atoms with Crippen LogP contribution in [0.25, 0.3) is 0 Å². The molecule has 0 aliphatic carbocycles. The second-order valence-electron chi connectivity index (χ2n) is 6.76. The summed E-state index contributed by atoms with van der Waals surface area (Å²) < 4.78 is 9.14. The topological polar surface area (TPSA) is 81.7 Å². The van der Waals surface area contributed by atoms with E-state index in [1.54, 1.807) is 0 Å². The highest BCUT2D eigenvalue weighted by Crippen LogP contribution is 2.11. The minimum atomic E-state index is -1.06. The van der Waals surface area contributed by atoms with Gasteiger partial charge < -0.3 is 14.8 Å².